The second-order valence-corrected chi connectivity index (χ2v) is 4.35. The van der Waals surface area contributed by atoms with Crippen LogP contribution < -0.4 is 5.32 Å². The van der Waals surface area contributed by atoms with Gasteiger partial charge in [0.25, 0.3) is 0 Å². The Hall–Kier alpha value is -1.10. The van der Waals surface area contributed by atoms with Crippen LogP contribution in [0.4, 0.5) is 0 Å². The van der Waals surface area contributed by atoms with Gasteiger partial charge in [-0.3, -0.25) is 9.59 Å². The van der Waals surface area contributed by atoms with Crippen LogP contribution in [0.3, 0.4) is 0 Å². The van der Waals surface area contributed by atoms with Gasteiger partial charge in [0, 0.05) is 33.6 Å². The van der Waals surface area contributed by atoms with Crippen LogP contribution in [0.25, 0.3) is 0 Å². The standard InChI is InChI=1S/C11H21N3O2/c1-12-9-5-4-7-14(11(9)16)8-6-10(15)13(2)3/h9,12H,4-8H2,1-3H3. The molecule has 1 atom stereocenters. The normalized spacial score (nSPS) is 21.1. The molecule has 0 bridgehead atoms. The lowest BCUT2D eigenvalue weighted by molar-refractivity contribution is -0.137. The summed E-state index contributed by atoms with van der Waals surface area (Å²) in [6, 6.07) is -0.0665. The maximum absolute atomic E-state index is 11.9. The van der Waals surface area contributed by atoms with Crippen LogP contribution in [-0.4, -0.2) is 61.9 Å². The van der Waals surface area contributed by atoms with E-state index < -0.39 is 0 Å². The maximum Gasteiger partial charge on any atom is 0.239 e. The zero-order valence-electron chi connectivity index (χ0n) is 10.3. The van der Waals surface area contributed by atoms with Crippen molar-refractivity contribution in [2.45, 2.75) is 25.3 Å². The fourth-order valence-corrected chi connectivity index (χ4v) is 1.88. The molecule has 1 N–H and O–H groups in total. The maximum atomic E-state index is 11.9. The van der Waals surface area contributed by atoms with Crippen LogP contribution in [0, 0.1) is 0 Å². The van der Waals surface area contributed by atoms with Crippen molar-refractivity contribution in [2.75, 3.05) is 34.2 Å². The minimum atomic E-state index is -0.0665. The number of likely N-dealkylation sites (tertiary alicyclic amines) is 1. The molecule has 1 aliphatic heterocycles. The molecule has 1 fully saturated rings. The Kier molecular flexibility index (Phi) is 4.73. The monoisotopic (exact) mass is 227 g/mol. The van der Waals surface area contributed by atoms with Gasteiger partial charge in [-0.1, -0.05) is 0 Å². The van der Waals surface area contributed by atoms with E-state index in [1.54, 1.807) is 30.9 Å². The molecule has 5 heteroatoms. The summed E-state index contributed by atoms with van der Waals surface area (Å²) in [5.41, 5.74) is 0. The molecule has 1 heterocycles. The largest absolute Gasteiger partial charge is 0.349 e. The predicted molar refractivity (Wildman–Crippen MR) is 62.0 cm³/mol. The molecule has 1 saturated heterocycles. The third-order valence-corrected chi connectivity index (χ3v) is 2.97. The Bertz CT molecular complexity index is 266. The highest BCUT2D eigenvalue weighted by molar-refractivity contribution is 5.83. The minimum Gasteiger partial charge on any atom is -0.349 e. The molecule has 2 amide bonds. The van der Waals surface area contributed by atoms with E-state index in [1.807, 2.05) is 0 Å². The summed E-state index contributed by atoms with van der Waals surface area (Å²) in [7, 11) is 5.27. The molecule has 92 valence electrons. The number of hydrogen-bond donors (Lipinski definition) is 1. The lowest BCUT2D eigenvalue weighted by Gasteiger charge is -2.32. The van der Waals surface area contributed by atoms with E-state index in [0.29, 0.717) is 13.0 Å². The predicted octanol–water partition coefficient (Wildman–Crippen LogP) is -0.325. The third-order valence-electron chi connectivity index (χ3n) is 2.97. The smallest absolute Gasteiger partial charge is 0.239 e. The van der Waals surface area contributed by atoms with E-state index in [-0.39, 0.29) is 17.9 Å². The zero-order valence-corrected chi connectivity index (χ0v) is 10.3. The first kappa shape index (κ1) is 13.0. The molecule has 0 aliphatic carbocycles. The number of piperidine rings is 1. The Balaban J connectivity index is 2.42. The second-order valence-electron chi connectivity index (χ2n) is 4.35. The Morgan fingerprint density at radius 3 is 2.81 bits per heavy atom. The van der Waals surface area contributed by atoms with Crippen molar-refractivity contribution in [3.63, 3.8) is 0 Å². The molecule has 0 aromatic rings. The summed E-state index contributed by atoms with van der Waals surface area (Å²) in [6.07, 6.45) is 2.32. The van der Waals surface area contributed by atoms with Crippen LogP contribution in [0.1, 0.15) is 19.3 Å². The molecule has 0 spiro atoms. The number of nitrogens with one attached hydrogen (secondary N) is 1. The minimum absolute atomic E-state index is 0.0665. The van der Waals surface area contributed by atoms with Crippen molar-refractivity contribution in [1.29, 1.82) is 0 Å². The van der Waals surface area contributed by atoms with Crippen molar-refractivity contribution in [3.8, 4) is 0 Å². The van der Waals surface area contributed by atoms with E-state index in [4.69, 9.17) is 0 Å². The fraction of sp³-hybridized carbons (Fsp3) is 0.818. The highest BCUT2D eigenvalue weighted by Gasteiger charge is 2.27. The number of carbonyl (C=O) groups is 2. The van der Waals surface area contributed by atoms with Crippen molar-refractivity contribution in [2.24, 2.45) is 0 Å². The van der Waals surface area contributed by atoms with Crippen molar-refractivity contribution >= 4 is 11.8 Å². The first-order valence-electron chi connectivity index (χ1n) is 5.72. The van der Waals surface area contributed by atoms with Gasteiger partial charge in [-0.25, -0.2) is 0 Å². The van der Waals surface area contributed by atoms with E-state index in [0.717, 1.165) is 19.4 Å². The van der Waals surface area contributed by atoms with Gasteiger partial charge in [-0.15, -0.1) is 0 Å². The van der Waals surface area contributed by atoms with Gasteiger partial charge in [-0.05, 0) is 19.9 Å². The molecule has 1 aliphatic rings. The highest BCUT2D eigenvalue weighted by Crippen LogP contribution is 2.11. The molecule has 0 aromatic heterocycles. The molecule has 16 heavy (non-hydrogen) atoms. The van der Waals surface area contributed by atoms with Gasteiger partial charge in [0.2, 0.25) is 11.8 Å². The lowest BCUT2D eigenvalue weighted by Crippen LogP contribution is -2.50. The summed E-state index contributed by atoms with van der Waals surface area (Å²) < 4.78 is 0. The summed E-state index contributed by atoms with van der Waals surface area (Å²) in [5, 5.41) is 3.01. The summed E-state index contributed by atoms with van der Waals surface area (Å²) in [6.45, 7) is 1.31. The molecule has 1 rings (SSSR count). The number of carbonyl (C=O) groups excluding carboxylic acids is 2. The quantitative estimate of drug-likeness (QED) is 0.716. The SMILES string of the molecule is CNC1CCCN(CCC(=O)N(C)C)C1=O. The molecule has 0 aromatic carbocycles. The number of rotatable bonds is 4. The molecule has 0 saturated carbocycles. The van der Waals surface area contributed by atoms with Gasteiger partial charge in [0.1, 0.15) is 0 Å². The van der Waals surface area contributed by atoms with Crippen molar-refractivity contribution in [3.05, 3.63) is 0 Å². The molecule has 5 nitrogen and oxygen atoms in total. The molecule has 1 unspecified atom stereocenters. The van der Waals surface area contributed by atoms with E-state index in [2.05, 4.69) is 5.32 Å². The van der Waals surface area contributed by atoms with Crippen LogP contribution >= 0.6 is 0 Å². The third kappa shape index (κ3) is 3.20. The van der Waals surface area contributed by atoms with Crippen LogP contribution in [0.2, 0.25) is 0 Å². The molecular formula is C11H21N3O2. The van der Waals surface area contributed by atoms with Gasteiger partial charge in [-0.2, -0.15) is 0 Å². The summed E-state index contributed by atoms with van der Waals surface area (Å²) in [4.78, 5) is 26.6. The summed E-state index contributed by atoms with van der Waals surface area (Å²) >= 11 is 0. The Morgan fingerprint density at radius 2 is 2.25 bits per heavy atom. The number of nitrogens with zero attached hydrogens (tertiary/aromatic N) is 2. The zero-order chi connectivity index (χ0) is 12.1. The fourth-order valence-electron chi connectivity index (χ4n) is 1.88. The first-order valence-corrected chi connectivity index (χ1v) is 5.72. The Labute approximate surface area is 96.8 Å². The Morgan fingerprint density at radius 1 is 1.56 bits per heavy atom. The lowest BCUT2D eigenvalue weighted by atomic mass is 10.0. The highest BCUT2D eigenvalue weighted by atomic mass is 16.2. The van der Waals surface area contributed by atoms with Crippen molar-refractivity contribution in [1.82, 2.24) is 15.1 Å². The van der Waals surface area contributed by atoms with Crippen molar-refractivity contribution < 1.29 is 9.59 Å². The van der Waals surface area contributed by atoms with Crippen LogP contribution in [-0.2, 0) is 9.59 Å². The average molecular weight is 227 g/mol. The second kappa shape index (κ2) is 5.84. The number of likely N-dealkylation sites (N-methyl/N-ethyl adjacent to an activating group) is 1. The van der Waals surface area contributed by atoms with Crippen LogP contribution in [0.15, 0.2) is 0 Å². The first-order chi connectivity index (χ1) is 7.56. The van der Waals surface area contributed by atoms with Crippen LogP contribution in [0.5, 0.6) is 0 Å². The number of amides is 2. The summed E-state index contributed by atoms with van der Waals surface area (Å²) in [5.74, 6) is 0.194. The van der Waals surface area contributed by atoms with Gasteiger partial charge in [0.15, 0.2) is 0 Å². The van der Waals surface area contributed by atoms with E-state index >= 15 is 0 Å². The van der Waals surface area contributed by atoms with E-state index in [9.17, 15) is 9.59 Å². The topological polar surface area (TPSA) is 52.7 Å². The molecular weight excluding hydrogens is 206 g/mol. The average Bonchev–Trinajstić information content (AvgIpc) is 2.27. The van der Waals surface area contributed by atoms with Gasteiger partial charge < -0.3 is 15.1 Å². The molecule has 0 radical (unpaired) electrons. The number of hydrogen-bond acceptors (Lipinski definition) is 3. The van der Waals surface area contributed by atoms with E-state index in [1.165, 1.54) is 0 Å². The van der Waals surface area contributed by atoms with Gasteiger partial charge >= 0.3 is 0 Å². The van der Waals surface area contributed by atoms with Gasteiger partial charge in [0.05, 0.1) is 6.04 Å².